The number of carbonyl (C=O) groups is 1. The topological polar surface area (TPSA) is 82.8 Å². The van der Waals surface area contributed by atoms with Gasteiger partial charge < -0.3 is 24.1 Å². The highest BCUT2D eigenvalue weighted by Crippen LogP contribution is 2.36. The van der Waals surface area contributed by atoms with Crippen LogP contribution >= 0.6 is 0 Å². The maximum Gasteiger partial charge on any atom is 0.246 e. The van der Waals surface area contributed by atoms with E-state index in [4.69, 9.17) is 18.7 Å². The number of ether oxygens (including phenoxy) is 3. The smallest absolute Gasteiger partial charge is 0.246 e. The molecule has 2 aromatic carbocycles. The minimum atomic E-state index is -0.157. The fourth-order valence-electron chi connectivity index (χ4n) is 2.86. The number of aromatic nitrogens is 1. The van der Waals surface area contributed by atoms with E-state index >= 15 is 0 Å². The van der Waals surface area contributed by atoms with Crippen molar-refractivity contribution in [1.82, 2.24) is 10.5 Å². The summed E-state index contributed by atoms with van der Waals surface area (Å²) >= 11 is 0. The molecule has 1 aromatic heterocycles. The van der Waals surface area contributed by atoms with E-state index in [2.05, 4.69) is 10.5 Å². The van der Waals surface area contributed by atoms with Crippen LogP contribution < -0.4 is 14.8 Å². The van der Waals surface area contributed by atoms with Crippen molar-refractivity contribution in [2.75, 3.05) is 19.9 Å². The van der Waals surface area contributed by atoms with E-state index in [0.717, 1.165) is 12.0 Å². The molecule has 1 N–H and O–H groups in total. The van der Waals surface area contributed by atoms with E-state index < -0.39 is 0 Å². The number of nitrogens with one attached hydrogen (secondary N) is 1. The molecule has 0 aliphatic carbocycles. The third-order valence-corrected chi connectivity index (χ3v) is 4.28. The van der Waals surface area contributed by atoms with Crippen LogP contribution in [0.15, 0.2) is 59.1 Å². The molecule has 1 aliphatic heterocycles. The molecule has 28 heavy (non-hydrogen) atoms. The Balaban J connectivity index is 1.21. The minimum absolute atomic E-state index is 0.0268. The lowest BCUT2D eigenvalue weighted by atomic mass is 10.1. The van der Waals surface area contributed by atoms with Gasteiger partial charge in [-0.25, -0.2) is 0 Å². The van der Waals surface area contributed by atoms with E-state index in [9.17, 15) is 4.79 Å². The first-order chi connectivity index (χ1) is 13.8. The van der Waals surface area contributed by atoms with Gasteiger partial charge in [0, 0.05) is 18.2 Å². The van der Waals surface area contributed by atoms with Crippen molar-refractivity contribution < 1.29 is 23.5 Å². The summed E-state index contributed by atoms with van der Waals surface area (Å²) in [5.41, 5.74) is 2.63. The van der Waals surface area contributed by atoms with Gasteiger partial charge in [-0.15, -0.1) is 0 Å². The Morgan fingerprint density at radius 1 is 1.07 bits per heavy atom. The lowest BCUT2D eigenvalue weighted by molar-refractivity contribution is -0.126. The standard InChI is InChI=1S/C21H20N2O5/c24-21(22-9-8-15-4-2-1-3-5-15)13-25-12-17-11-19(28-23-17)16-6-7-18-20(10-16)27-14-26-18/h1-7,10-11H,8-9,12-14H2,(H,22,24). The van der Waals surface area contributed by atoms with Gasteiger partial charge >= 0.3 is 0 Å². The minimum Gasteiger partial charge on any atom is -0.454 e. The van der Waals surface area contributed by atoms with E-state index in [-0.39, 0.29) is 25.9 Å². The van der Waals surface area contributed by atoms with Crippen LogP contribution in [-0.4, -0.2) is 31.0 Å². The Morgan fingerprint density at radius 3 is 2.82 bits per heavy atom. The summed E-state index contributed by atoms with van der Waals surface area (Å²) in [5, 5.41) is 6.82. The summed E-state index contributed by atoms with van der Waals surface area (Å²) in [6, 6.07) is 17.3. The molecule has 0 radical (unpaired) electrons. The Morgan fingerprint density at radius 2 is 1.93 bits per heavy atom. The first-order valence-corrected chi connectivity index (χ1v) is 9.02. The van der Waals surface area contributed by atoms with Crippen molar-refractivity contribution in [3.8, 4) is 22.8 Å². The second-order valence-electron chi connectivity index (χ2n) is 6.33. The van der Waals surface area contributed by atoms with Crippen LogP contribution in [0.4, 0.5) is 0 Å². The zero-order valence-electron chi connectivity index (χ0n) is 15.2. The summed E-state index contributed by atoms with van der Waals surface area (Å²) in [7, 11) is 0. The summed E-state index contributed by atoms with van der Waals surface area (Å²) < 4.78 is 21.4. The number of fused-ring (bicyclic) bond motifs is 1. The van der Waals surface area contributed by atoms with Gasteiger partial charge in [-0.05, 0) is 30.2 Å². The molecular formula is C21H20N2O5. The monoisotopic (exact) mass is 380 g/mol. The third-order valence-electron chi connectivity index (χ3n) is 4.28. The maximum atomic E-state index is 11.9. The lowest BCUT2D eigenvalue weighted by Gasteiger charge is -2.05. The number of carbonyl (C=O) groups excluding carboxylic acids is 1. The highest BCUT2D eigenvalue weighted by molar-refractivity contribution is 5.77. The SMILES string of the molecule is O=C(COCc1cc(-c2ccc3c(c2)OCO3)on1)NCCc1ccccc1. The molecule has 0 saturated heterocycles. The maximum absolute atomic E-state index is 11.9. The number of amides is 1. The molecule has 3 aromatic rings. The average molecular weight is 380 g/mol. The molecule has 144 valence electrons. The van der Waals surface area contributed by atoms with Gasteiger partial charge in [0.15, 0.2) is 17.3 Å². The normalized spacial score (nSPS) is 12.1. The van der Waals surface area contributed by atoms with Crippen LogP contribution in [-0.2, 0) is 22.6 Å². The van der Waals surface area contributed by atoms with Gasteiger partial charge in [0.2, 0.25) is 12.7 Å². The van der Waals surface area contributed by atoms with Crippen LogP contribution in [0.1, 0.15) is 11.3 Å². The molecule has 1 amide bonds. The van der Waals surface area contributed by atoms with Crippen molar-refractivity contribution >= 4 is 5.91 Å². The molecule has 4 rings (SSSR count). The highest BCUT2D eigenvalue weighted by Gasteiger charge is 2.16. The largest absolute Gasteiger partial charge is 0.454 e. The van der Waals surface area contributed by atoms with E-state index in [1.807, 2.05) is 48.5 Å². The Labute approximate surface area is 162 Å². The lowest BCUT2D eigenvalue weighted by Crippen LogP contribution is -2.29. The summed E-state index contributed by atoms with van der Waals surface area (Å²) in [5.74, 6) is 1.84. The average Bonchev–Trinajstić information content (AvgIpc) is 3.37. The van der Waals surface area contributed by atoms with Crippen molar-refractivity contribution in [3.63, 3.8) is 0 Å². The van der Waals surface area contributed by atoms with Crippen LogP contribution in [0.2, 0.25) is 0 Å². The van der Waals surface area contributed by atoms with Crippen molar-refractivity contribution in [1.29, 1.82) is 0 Å². The third kappa shape index (κ3) is 4.50. The molecule has 1 aliphatic rings. The van der Waals surface area contributed by atoms with Gasteiger partial charge in [0.05, 0.1) is 6.61 Å². The Hall–Kier alpha value is -3.32. The predicted octanol–water partition coefficient (Wildman–Crippen LogP) is 2.95. The van der Waals surface area contributed by atoms with Gasteiger partial charge in [0.25, 0.3) is 0 Å². The molecule has 0 unspecified atom stereocenters. The second kappa shape index (κ2) is 8.58. The van der Waals surface area contributed by atoms with Gasteiger partial charge in [0.1, 0.15) is 12.3 Å². The fraction of sp³-hybridized carbons (Fsp3) is 0.238. The first kappa shape index (κ1) is 18.1. The molecular weight excluding hydrogens is 360 g/mol. The van der Waals surface area contributed by atoms with Crippen LogP contribution in [0, 0.1) is 0 Å². The van der Waals surface area contributed by atoms with E-state index in [0.29, 0.717) is 29.5 Å². The Bertz CT molecular complexity index is 939. The van der Waals surface area contributed by atoms with Gasteiger partial charge in [-0.1, -0.05) is 35.5 Å². The van der Waals surface area contributed by atoms with Crippen LogP contribution in [0.3, 0.4) is 0 Å². The van der Waals surface area contributed by atoms with Crippen molar-refractivity contribution in [2.45, 2.75) is 13.0 Å². The van der Waals surface area contributed by atoms with Crippen molar-refractivity contribution in [3.05, 3.63) is 65.9 Å². The highest BCUT2D eigenvalue weighted by atomic mass is 16.7. The van der Waals surface area contributed by atoms with Crippen LogP contribution in [0.25, 0.3) is 11.3 Å². The van der Waals surface area contributed by atoms with Gasteiger partial charge in [-0.2, -0.15) is 0 Å². The molecule has 7 heteroatoms. The number of benzene rings is 2. The quantitative estimate of drug-likeness (QED) is 0.647. The van der Waals surface area contributed by atoms with Gasteiger partial charge in [-0.3, -0.25) is 4.79 Å². The van der Waals surface area contributed by atoms with E-state index in [1.54, 1.807) is 6.07 Å². The van der Waals surface area contributed by atoms with Crippen LogP contribution in [0.5, 0.6) is 11.5 Å². The summed E-state index contributed by atoms with van der Waals surface area (Å²) in [4.78, 5) is 11.9. The molecule has 0 atom stereocenters. The fourth-order valence-corrected chi connectivity index (χ4v) is 2.86. The molecule has 2 heterocycles. The molecule has 0 fully saturated rings. The number of hydrogen-bond donors (Lipinski definition) is 1. The Kier molecular flexibility index (Phi) is 5.53. The molecule has 0 saturated carbocycles. The number of hydrogen-bond acceptors (Lipinski definition) is 6. The molecule has 0 bridgehead atoms. The number of nitrogens with zero attached hydrogens (tertiary/aromatic N) is 1. The second-order valence-corrected chi connectivity index (χ2v) is 6.33. The number of rotatable bonds is 8. The zero-order chi connectivity index (χ0) is 19.2. The predicted molar refractivity (Wildman–Crippen MR) is 101 cm³/mol. The van der Waals surface area contributed by atoms with E-state index in [1.165, 1.54) is 5.56 Å². The van der Waals surface area contributed by atoms with Crippen molar-refractivity contribution in [2.24, 2.45) is 0 Å². The molecule has 0 spiro atoms. The summed E-state index contributed by atoms with van der Waals surface area (Å²) in [6.45, 7) is 0.966. The zero-order valence-corrected chi connectivity index (χ0v) is 15.2. The first-order valence-electron chi connectivity index (χ1n) is 9.02. The molecule has 7 nitrogen and oxygen atoms in total. The summed E-state index contributed by atoms with van der Waals surface area (Å²) in [6.07, 6.45) is 0.786.